The molecule has 21 heavy (non-hydrogen) atoms. The normalized spacial score (nSPS) is 18.1. The first kappa shape index (κ1) is 15.0. The highest BCUT2D eigenvalue weighted by molar-refractivity contribution is 6.00. The summed E-state index contributed by atoms with van der Waals surface area (Å²) in [5.41, 5.74) is 0.632. The first-order chi connectivity index (χ1) is 10.0. The third-order valence-electron chi connectivity index (χ3n) is 3.27. The molecule has 0 aromatic heterocycles. The zero-order chi connectivity index (χ0) is 15.4. The van der Waals surface area contributed by atoms with E-state index in [4.69, 9.17) is 9.84 Å². The molecule has 1 aromatic carbocycles. The predicted octanol–water partition coefficient (Wildman–Crippen LogP) is -0.0282. The Morgan fingerprint density at radius 1 is 1.33 bits per heavy atom. The van der Waals surface area contributed by atoms with Crippen molar-refractivity contribution in [3.05, 3.63) is 35.4 Å². The van der Waals surface area contributed by atoms with Crippen LogP contribution < -0.4 is 5.32 Å². The summed E-state index contributed by atoms with van der Waals surface area (Å²) in [6, 6.07) is 5.19. The Morgan fingerprint density at radius 3 is 2.71 bits per heavy atom. The molecule has 0 aliphatic carbocycles. The third-order valence-corrected chi connectivity index (χ3v) is 3.27. The highest BCUT2D eigenvalue weighted by atomic mass is 16.5. The van der Waals surface area contributed by atoms with Gasteiger partial charge in [-0.15, -0.1) is 0 Å². The van der Waals surface area contributed by atoms with Gasteiger partial charge in [-0.3, -0.25) is 9.59 Å². The minimum atomic E-state index is -1.11. The zero-order valence-corrected chi connectivity index (χ0v) is 11.5. The van der Waals surface area contributed by atoms with Crippen LogP contribution in [-0.2, 0) is 9.53 Å². The summed E-state index contributed by atoms with van der Waals surface area (Å²) in [5, 5.41) is 11.6. The number of rotatable bonds is 3. The van der Waals surface area contributed by atoms with Gasteiger partial charge >= 0.3 is 5.97 Å². The van der Waals surface area contributed by atoms with E-state index in [1.807, 2.05) is 0 Å². The number of carboxylic acid groups (broad SMARTS) is 1. The lowest BCUT2D eigenvalue weighted by molar-refractivity contribution is -0.147. The topological polar surface area (TPSA) is 95.9 Å². The number of carbonyl (C=O) groups excluding carboxylic acids is 2. The molecule has 2 rings (SSSR count). The largest absolute Gasteiger partial charge is 0.480 e. The summed E-state index contributed by atoms with van der Waals surface area (Å²) in [7, 11) is 1.50. The van der Waals surface area contributed by atoms with Crippen LogP contribution in [0.1, 0.15) is 20.7 Å². The first-order valence-electron chi connectivity index (χ1n) is 6.48. The number of hydrogen-bond donors (Lipinski definition) is 2. The molecular weight excluding hydrogens is 276 g/mol. The van der Waals surface area contributed by atoms with Gasteiger partial charge in [-0.05, 0) is 18.2 Å². The molecular formula is C14H16N2O5. The van der Waals surface area contributed by atoms with Gasteiger partial charge in [-0.2, -0.15) is 0 Å². The van der Waals surface area contributed by atoms with E-state index in [0.29, 0.717) is 12.2 Å². The smallest absolute Gasteiger partial charge is 0.328 e. The Morgan fingerprint density at radius 2 is 2.05 bits per heavy atom. The van der Waals surface area contributed by atoms with Gasteiger partial charge in [0.05, 0.1) is 13.2 Å². The van der Waals surface area contributed by atoms with Gasteiger partial charge in [0.25, 0.3) is 11.8 Å². The molecule has 1 atom stereocenters. The van der Waals surface area contributed by atoms with E-state index in [1.54, 1.807) is 18.2 Å². The first-order valence-corrected chi connectivity index (χ1v) is 6.48. The van der Waals surface area contributed by atoms with Crippen molar-refractivity contribution < 1.29 is 24.2 Å². The van der Waals surface area contributed by atoms with Crippen molar-refractivity contribution in [2.24, 2.45) is 0 Å². The molecule has 0 radical (unpaired) electrons. The summed E-state index contributed by atoms with van der Waals surface area (Å²) in [6.45, 7) is 0.473. The number of nitrogens with one attached hydrogen (secondary N) is 1. The van der Waals surface area contributed by atoms with Crippen LogP contribution in [0.4, 0.5) is 0 Å². The Labute approximate surface area is 121 Å². The predicted molar refractivity (Wildman–Crippen MR) is 73.1 cm³/mol. The van der Waals surface area contributed by atoms with Gasteiger partial charge in [0.1, 0.15) is 0 Å². The van der Waals surface area contributed by atoms with Crippen molar-refractivity contribution in [3.63, 3.8) is 0 Å². The van der Waals surface area contributed by atoms with E-state index in [-0.39, 0.29) is 24.6 Å². The van der Waals surface area contributed by atoms with Crippen molar-refractivity contribution in [3.8, 4) is 0 Å². The van der Waals surface area contributed by atoms with Crippen LogP contribution in [0.5, 0.6) is 0 Å². The van der Waals surface area contributed by atoms with Crippen LogP contribution in [0.15, 0.2) is 24.3 Å². The molecule has 1 aliphatic heterocycles. The van der Waals surface area contributed by atoms with Crippen LogP contribution in [0.3, 0.4) is 0 Å². The number of nitrogens with zero attached hydrogens (tertiary/aromatic N) is 1. The molecule has 7 nitrogen and oxygen atoms in total. The van der Waals surface area contributed by atoms with E-state index in [0.717, 1.165) is 0 Å². The second-order valence-corrected chi connectivity index (χ2v) is 4.59. The SMILES string of the molecule is CNC(=O)c1cccc(C(=O)N2CCOCC2C(=O)O)c1. The minimum Gasteiger partial charge on any atom is -0.480 e. The zero-order valence-electron chi connectivity index (χ0n) is 11.5. The van der Waals surface area contributed by atoms with Gasteiger partial charge in [-0.25, -0.2) is 4.79 Å². The molecule has 7 heteroatoms. The molecule has 1 unspecified atom stereocenters. The van der Waals surface area contributed by atoms with Gasteiger partial charge in [-0.1, -0.05) is 6.07 Å². The number of amides is 2. The van der Waals surface area contributed by atoms with Crippen LogP contribution in [0.2, 0.25) is 0 Å². The second kappa shape index (κ2) is 6.36. The molecule has 1 fully saturated rings. The highest BCUT2D eigenvalue weighted by Gasteiger charge is 2.33. The number of benzene rings is 1. The van der Waals surface area contributed by atoms with Gasteiger partial charge in [0.2, 0.25) is 0 Å². The van der Waals surface area contributed by atoms with Crippen LogP contribution >= 0.6 is 0 Å². The lowest BCUT2D eigenvalue weighted by Crippen LogP contribution is -2.52. The summed E-state index contributed by atoms with van der Waals surface area (Å²) in [6.07, 6.45) is 0. The number of carbonyl (C=O) groups is 3. The summed E-state index contributed by atoms with van der Waals surface area (Å²) < 4.78 is 5.10. The fourth-order valence-corrected chi connectivity index (χ4v) is 2.15. The molecule has 1 aliphatic rings. The number of hydrogen-bond acceptors (Lipinski definition) is 4. The van der Waals surface area contributed by atoms with Gasteiger partial charge in [0.15, 0.2) is 6.04 Å². The minimum absolute atomic E-state index is 0.0315. The quantitative estimate of drug-likeness (QED) is 0.815. The maximum atomic E-state index is 12.5. The van der Waals surface area contributed by atoms with Gasteiger partial charge in [0, 0.05) is 24.7 Å². The third kappa shape index (κ3) is 3.19. The lowest BCUT2D eigenvalue weighted by Gasteiger charge is -2.32. The molecule has 112 valence electrons. The maximum Gasteiger partial charge on any atom is 0.328 e. The van der Waals surface area contributed by atoms with Crippen LogP contribution in [0.25, 0.3) is 0 Å². The summed E-state index contributed by atoms with van der Waals surface area (Å²) >= 11 is 0. The summed E-state index contributed by atoms with van der Waals surface area (Å²) in [5.74, 6) is -1.83. The van der Waals surface area contributed by atoms with Crippen molar-refractivity contribution in [2.75, 3.05) is 26.8 Å². The maximum absolute atomic E-state index is 12.5. The number of carboxylic acids is 1. The van der Waals surface area contributed by atoms with Crippen LogP contribution in [0, 0.1) is 0 Å². The lowest BCUT2D eigenvalue weighted by atomic mass is 10.1. The molecule has 0 saturated carbocycles. The van der Waals surface area contributed by atoms with Crippen LogP contribution in [-0.4, -0.2) is 60.6 Å². The number of morpholine rings is 1. The standard InChI is InChI=1S/C14H16N2O5/c1-15-12(17)9-3-2-4-10(7-9)13(18)16-5-6-21-8-11(16)14(19)20/h2-4,7,11H,5-6,8H2,1H3,(H,15,17)(H,19,20). The average Bonchev–Trinajstić information content (AvgIpc) is 2.53. The van der Waals surface area contributed by atoms with Crippen molar-refractivity contribution in [1.82, 2.24) is 10.2 Å². The van der Waals surface area contributed by atoms with E-state index >= 15 is 0 Å². The Bertz CT molecular complexity index is 572. The average molecular weight is 292 g/mol. The van der Waals surface area contributed by atoms with E-state index < -0.39 is 17.9 Å². The number of aliphatic carboxylic acids is 1. The van der Waals surface area contributed by atoms with Crippen molar-refractivity contribution in [1.29, 1.82) is 0 Å². The molecule has 0 spiro atoms. The Balaban J connectivity index is 2.26. The van der Waals surface area contributed by atoms with Crippen molar-refractivity contribution in [2.45, 2.75) is 6.04 Å². The molecule has 2 amide bonds. The Hall–Kier alpha value is -2.41. The monoisotopic (exact) mass is 292 g/mol. The second-order valence-electron chi connectivity index (χ2n) is 4.59. The van der Waals surface area contributed by atoms with E-state index in [1.165, 1.54) is 18.0 Å². The van der Waals surface area contributed by atoms with Crippen molar-refractivity contribution >= 4 is 17.8 Å². The molecule has 1 aromatic rings. The molecule has 1 saturated heterocycles. The summed E-state index contributed by atoms with van der Waals surface area (Å²) in [4.78, 5) is 36.5. The molecule has 1 heterocycles. The highest BCUT2D eigenvalue weighted by Crippen LogP contribution is 2.14. The fraction of sp³-hybridized carbons (Fsp3) is 0.357. The fourth-order valence-electron chi connectivity index (χ4n) is 2.15. The molecule has 2 N–H and O–H groups in total. The molecule has 0 bridgehead atoms. The van der Waals surface area contributed by atoms with E-state index in [2.05, 4.69) is 5.32 Å². The van der Waals surface area contributed by atoms with E-state index in [9.17, 15) is 14.4 Å². The number of ether oxygens (including phenoxy) is 1. The Kier molecular flexibility index (Phi) is 4.54. The van der Waals surface area contributed by atoms with Gasteiger partial charge < -0.3 is 20.1 Å².